The summed E-state index contributed by atoms with van der Waals surface area (Å²) in [6, 6.07) is 7.61. The molecule has 98 valence electrons. The molecule has 1 aromatic heterocycles. The van der Waals surface area contributed by atoms with E-state index in [9.17, 15) is 9.59 Å². The number of rotatable bonds is 2. The Morgan fingerprint density at radius 2 is 1.95 bits per heavy atom. The molecule has 1 aliphatic heterocycles. The molecule has 1 aliphatic rings. The largest absolute Gasteiger partial charge is 0.361 e. The molecule has 2 amide bonds. The van der Waals surface area contributed by atoms with Gasteiger partial charge in [-0.3, -0.25) is 9.59 Å². The number of aromatic nitrogens is 1. The number of amides is 2. The monoisotopic (exact) mass is 257 g/mol. The van der Waals surface area contributed by atoms with Gasteiger partial charge in [0.2, 0.25) is 6.41 Å². The van der Waals surface area contributed by atoms with E-state index >= 15 is 0 Å². The van der Waals surface area contributed by atoms with E-state index in [-0.39, 0.29) is 5.91 Å². The maximum Gasteiger partial charge on any atom is 0.254 e. The Kier molecular flexibility index (Phi) is 2.95. The number of nitrogens with zero attached hydrogens (tertiary/aromatic N) is 2. The van der Waals surface area contributed by atoms with Crippen molar-refractivity contribution in [2.45, 2.75) is 0 Å². The minimum atomic E-state index is 0.0377. The zero-order valence-electron chi connectivity index (χ0n) is 10.5. The van der Waals surface area contributed by atoms with Crippen LogP contribution in [-0.4, -0.2) is 53.3 Å². The molecule has 19 heavy (non-hydrogen) atoms. The van der Waals surface area contributed by atoms with Crippen molar-refractivity contribution in [1.29, 1.82) is 0 Å². The number of H-pyrrole nitrogens is 1. The van der Waals surface area contributed by atoms with Gasteiger partial charge in [0.15, 0.2) is 0 Å². The molecule has 0 bridgehead atoms. The van der Waals surface area contributed by atoms with Crippen LogP contribution in [0.25, 0.3) is 10.9 Å². The van der Waals surface area contributed by atoms with Gasteiger partial charge in [0.1, 0.15) is 0 Å². The van der Waals surface area contributed by atoms with Crippen LogP contribution in [0.15, 0.2) is 30.5 Å². The Balaban J connectivity index is 1.84. The highest BCUT2D eigenvalue weighted by molar-refractivity contribution is 6.06. The molecule has 0 unspecified atom stereocenters. The van der Waals surface area contributed by atoms with Crippen molar-refractivity contribution < 1.29 is 9.59 Å². The highest BCUT2D eigenvalue weighted by Gasteiger charge is 2.22. The van der Waals surface area contributed by atoms with E-state index in [2.05, 4.69) is 4.98 Å². The number of carbonyl (C=O) groups excluding carboxylic acids is 2. The number of fused-ring (bicyclic) bond motifs is 1. The first-order chi connectivity index (χ1) is 9.29. The van der Waals surface area contributed by atoms with Gasteiger partial charge in [-0.15, -0.1) is 0 Å². The first kappa shape index (κ1) is 11.8. The molecule has 1 saturated heterocycles. The Labute approximate surface area is 110 Å². The number of hydrogen-bond donors (Lipinski definition) is 1. The van der Waals surface area contributed by atoms with Gasteiger partial charge in [-0.25, -0.2) is 0 Å². The second-order valence-electron chi connectivity index (χ2n) is 4.68. The Hall–Kier alpha value is -2.30. The van der Waals surface area contributed by atoms with E-state index in [0.717, 1.165) is 22.9 Å². The quantitative estimate of drug-likeness (QED) is 0.818. The van der Waals surface area contributed by atoms with Gasteiger partial charge in [-0.05, 0) is 18.2 Å². The Morgan fingerprint density at radius 3 is 2.68 bits per heavy atom. The van der Waals surface area contributed by atoms with Gasteiger partial charge < -0.3 is 14.8 Å². The molecule has 0 aliphatic carbocycles. The van der Waals surface area contributed by atoms with Crippen LogP contribution in [0, 0.1) is 0 Å². The van der Waals surface area contributed by atoms with E-state index < -0.39 is 0 Å². The summed E-state index contributed by atoms with van der Waals surface area (Å²) in [5.41, 5.74) is 1.69. The molecule has 3 rings (SSSR count). The second kappa shape index (κ2) is 4.76. The SMILES string of the molecule is O=CN1CCN(C(=O)c2cccc3[nH]ccc23)CC1. The molecule has 5 nitrogen and oxygen atoms in total. The van der Waals surface area contributed by atoms with E-state index in [1.807, 2.05) is 35.4 Å². The predicted molar refractivity (Wildman–Crippen MR) is 71.8 cm³/mol. The molecule has 1 aromatic carbocycles. The normalized spacial score (nSPS) is 15.8. The average Bonchev–Trinajstić information content (AvgIpc) is 2.95. The summed E-state index contributed by atoms with van der Waals surface area (Å²) < 4.78 is 0. The highest BCUT2D eigenvalue weighted by atomic mass is 16.2. The first-order valence-electron chi connectivity index (χ1n) is 6.34. The predicted octanol–water partition coefficient (Wildman–Crippen LogP) is 1.08. The number of nitrogens with one attached hydrogen (secondary N) is 1. The molecule has 0 radical (unpaired) electrons. The fourth-order valence-corrected chi connectivity index (χ4v) is 2.47. The summed E-state index contributed by atoms with van der Waals surface area (Å²) in [5.74, 6) is 0.0377. The van der Waals surface area contributed by atoms with Crippen molar-refractivity contribution >= 4 is 23.2 Å². The molecule has 2 aromatic rings. The lowest BCUT2D eigenvalue weighted by Crippen LogP contribution is -2.48. The van der Waals surface area contributed by atoms with Crippen molar-refractivity contribution in [3.05, 3.63) is 36.0 Å². The molecule has 5 heteroatoms. The van der Waals surface area contributed by atoms with Crippen molar-refractivity contribution in [3.8, 4) is 0 Å². The summed E-state index contributed by atoms with van der Waals surface area (Å²) >= 11 is 0. The van der Waals surface area contributed by atoms with Crippen LogP contribution in [0.5, 0.6) is 0 Å². The van der Waals surface area contributed by atoms with Crippen LogP contribution in [0.3, 0.4) is 0 Å². The number of piperazine rings is 1. The maximum atomic E-state index is 12.5. The Bertz CT molecular complexity index is 612. The van der Waals surface area contributed by atoms with Crippen molar-refractivity contribution in [3.63, 3.8) is 0 Å². The summed E-state index contributed by atoms with van der Waals surface area (Å²) in [4.78, 5) is 29.8. The number of benzene rings is 1. The average molecular weight is 257 g/mol. The third-order valence-electron chi connectivity index (χ3n) is 3.58. The molecule has 2 heterocycles. The number of carbonyl (C=O) groups is 2. The van der Waals surface area contributed by atoms with E-state index in [4.69, 9.17) is 0 Å². The van der Waals surface area contributed by atoms with Crippen LogP contribution in [0.2, 0.25) is 0 Å². The van der Waals surface area contributed by atoms with E-state index in [0.29, 0.717) is 26.2 Å². The second-order valence-corrected chi connectivity index (χ2v) is 4.68. The van der Waals surface area contributed by atoms with Gasteiger partial charge in [0.25, 0.3) is 5.91 Å². The zero-order chi connectivity index (χ0) is 13.2. The minimum Gasteiger partial charge on any atom is -0.361 e. The molecular formula is C14H15N3O2. The molecule has 0 atom stereocenters. The van der Waals surface area contributed by atoms with Crippen LogP contribution in [0.1, 0.15) is 10.4 Å². The van der Waals surface area contributed by atoms with Crippen molar-refractivity contribution in [2.24, 2.45) is 0 Å². The third-order valence-corrected chi connectivity index (χ3v) is 3.58. The van der Waals surface area contributed by atoms with E-state index in [1.165, 1.54) is 0 Å². The molecule has 1 fully saturated rings. The maximum absolute atomic E-state index is 12.5. The van der Waals surface area contributed by atoms with Crippen molar-refractivity contribution in [1.82, 2.24) is 14.8 Å². The van der Waals surface area contributed by atoms with Crippen molar-refractivity contribution in [2.75, 3.05) is 26.2 Å². The van der Waals surface area contributed by atoms with Gasteiger partial charge in [-0.1, -0.05) is 6.07 Å². The van der Waals surface area contributed by atoms with Crippen LogP contribution < -0.4 is 0 Å². The lowest BCUT2D eigenvalue weighted by atomic mass is 10.1. The molecular weight excluding hydrogens is 242 g/mol. The van der Waals surface area contributed by atoms with Crippen LogP contribution in [-0.2, 0) is 4.79 Å². The van der Waals surface area contributed by atoms with Gasteiger partial charge in [0, 0.05) is 48.8 Å². The van der Waals surface area contributed by atoms with Crippen LogP contribution in [0.4, 0.5) is 0 Å². The van der Waals surface area contributed by atoms with Crippen LogP contribution >= 0.6 is 0 Å². The van der Waals surface area contributed by atoms with E-state index in [1.54, 1.807) is 4.90 Å². The summed E-state index contributed by atoms with van der Waals surface area (Å²) in [7, 11) is 0. The molecule has 1 N–H and O–H groups in total. The zero-order valence-corrected chi connectivity index (χ0v) is 10.5. The number of hydrogen-bond acceptors (Lipinski definition) is 2. The fraction of sp³-hybridized carbons (Fsp3) is 0.286. The summed E-state index contributed by atoms with van der Waals surface area (Å²) in [6.07, 6.45) is 2.68. The molecule has 0 spiro atoms. The Morgan fingerprint density at radius 1 is 1.16 bits per heavy atom. The first-order valence-corrected chi connectivity index (χ1v) is 6.34. The standard InChI is InChI=1S/C14H15N3O2/c18-10-16-6-8-17(9-7-16)14(19)12-2-1-3-13-11(12)4-5-15-13/h1-5,10,15H,6-9H2. The van der Waals surface area contributed by atoms with Gasteiger partial charge in [0.05, 0.1) is 0 Å². The lowest BCUT2D eigenvalue weighted by molar-refractivity contribution is -0.119. The summed E-state index contributed by atoms with van der Waals surface area (Å²) in [5, 5.41) is 0.949. The number of aromatic amines is 1. The minimum absolute atomic E-state index is 0.0377. The topological polar surface area (TPSA) is 56.4 Å². The third kappa shape index (κ3) is 2.07. The fourth-order valence-electron chi connectivity index (χ4n) is 2.47. The van der Waals surface area contributed by atoms with Gasteiger partial charge in [-0.2, -0.15) is 0 Å². The molecule has 0 saturated carbocycles. The summed E-state index contributed by atoms with van der Waals surface area (Å²) in [6.45, 7) is 2.41. The lowest BCUT2D eigenvalue weighted by Gasteiger charge is -2.32. The van der Waals surface area contributed by atoms with Gasteiger partial charge >= 0.3 is 0 Å². The smallest absolute Gasteiger partial charge is 0.254 e. The highest BCUT2D eigenvalue weighted by Crippen LogP contribution is 2.19.